The molecule has 0 aliphatic heterocycles. The van der Waals surface area contributed by atoms with E-state index >= 15 is 0 Å². The average Bonchev–Trinajstić information content (AvgIpc) is 2.77. The minimum Gasteiger partial charge on any atom is -0.368 e. The molecule has 0 bridgehead atoms. The minimum absolute atomic E-state index is 0.106. The van der Waals surface area contributed by atoms with Crippen molar-refractivity contribution in [2.24, 2.45) is 17.6 Å². The Morgan fingerprint density at radius 2 is 1.61 bits per heavy atom. The predicted molar refractivity (Wildman–Crippen MR) is 124 cm³/mol. The Morgan fingerprint density at radius 1 is 0.939 bits per heavy atom. The molecule has 9 heteroatoms. The Labute approximate surface area is 193 Å². The molecule has 0 aromatic heterocycles. The number of carbonyl (C=O) groups is 4. The molecule has 2 aromatic carbocycles. The summed E-state index contributed by atoms with van der Waals surface area (Å²) in [5, 5.41) is 16.1. The van der Waals surface area contributed by atoms with E-state index in [0.717, 1.165) is 16.3 Å². The van der Waals surface area contributed by atoms with Crippen molar-refractivity contribution in [2.45, 2.75) is 52.1 Å². The number of primary amides is 1. The number of hydrogen-bond donors (Lipinski definition) is 5. The van der Waals surface area contributed by atoms with E-state index in [4.69, 9.17) is 10.9 Å². The highest BCUT2D eigenvalue weighted by atomic mass is 16.5. The first-order valence-electron chi connectivity index (χ1n) is 10.9. The summed E-state index contributed by atoms with van der Waals surface area (Å²) in [4.78, 5) is 49.1. The van der Waals surface area contributed by atoms with E-state index in [9.17, 15) is 19.2 Å². The molecule has 0 aliphatic carbocycles. The van der Waals surface area contributed by atoms with Gasteiger partial charge in [-0.15, -0.1) is 0 Å². The summed E-state index contributed by atoms with van der Waals surface area (Å²) in [6.07, 6.45) is 0.345. The number of benzene rings is 2. The van der Waals surface area contributed by atoms with E-state index in [1.807, 2.05) is 56.3 Å². The van der Waals surface area contributed by atoms with Crippen LogP contribution in [0.25, 0.3) is 10.8 Å². The molecule has 9 nitrogen and oxygen atoms in total. The molecule has 0 saturated heterocycles. The summed E-state index contributed by atoms with van der Waals surface area (Å²) in [6.45, 7) is 5.28. The second kappa shape index (κ2) is 12.0. The van der Waals surface area contributed by atoms with Crippen molar-refractivity contribution in [1.29, 1.82) is 0 Å². The Bertz CT molecular complexity index is 1010. The summed E-state index contributed by atoms with van der Waals surface area (Å²) in [7, 11) is 0. The molecule has 0 fully saturated rings. The van der Waals surface area contributed by atoms with Crippen LogP contribution in [0, 0.1) is 11.8 Å². The lowest BCUT2D eigenvalue weighted by molar-refractivity contribution is -0.136. The zero-order valence-electron chi connectivity index (χ0n) is 19.1. The fraction of sp³-hybridized carbons (Fsp3) is 0.417. The van der Waals surface area contributed by atoms with E-state index in [1.165, 1.54) is 6.92 Å². The quantitative estimate of drug-likeness (QED) is 0.256. The fourth-order valence-electron chi connectivity index (χ4n) is 3.61. The fourth-order valence-corrected chi connectivity index (χ4v) is 3.61. The van der Waals surface area contributed by atoms with Crippen molar-refractivity contribution >= 4 is 34.4 Å². The number of hydroxylamine groups is 1. The Kier molecular flexibility index (Phi) is 9.35. The van der Waals surface area contributed by atoms with Crippen molar-refractivity contribution in [1.82, 2.24) is 16.1 Å². The first kappa shape index (κ1) is 25.8. The molecule has 2 aromatic rings. The third kappa shape index (κ3) is 7.87. The Morgan fingerprint density at radius 3 is 2.21 bits per heavy atom. The average molecular weight is 457 g/mol. The first-order chi connectivity index (χ1) is 15.6. The van der Waals surface area contributed by atoms with E-state index < -0.39 is 41.6 Å². The molecule has 6 N–H and O–H groups in total. The zero-order valence-corrected chi connectivity index (χ0v) is 19.1. The molecule has 0 saturated carbocycles. The van der Waals surface area contributed by atoms with Gasteiger partial charge in [-0.25, -0.2) is 5.48 Å². The number of nitrogens with two attached hydrogens (primary N) is 1. The molecule has 0 radical (unpaired) electrons. The highest BCUT2D eigenvalue weighted by Crippen LogP contribution is 2.19. The molecule has 33 heavy (non-hydrogen) atoms. The maximum Gasteiger partial charge on any atom is 0.244 e. The molecule has 0 heterocycles. The van der Waals surface area contributed by atoms with Crippen molar-refractivity contribution in [3.05, 3.63) is 48.0 Å². The summed E-state index contributed by atoms with van der Waals surface area (Å²) < 4.78 is 0. The monoisotopic (exact) mass is 456 g/mol. The number of carbonyl (C=O) groups excluding carboxylic acids is 4. The maximum atomic E-state index is 13.0. The van der Waals surface area contributed by atoms with Gasteiger partial charge in [-0.1, -0.05) is 56.3 Å². The highest BCUT2D eigenvalue weighted by molar-refractivity contribution is 5.93. The topological polar surface area (TPSA) is 151 Å². The van der Waals surface area contributed by atoms with E-state index in [0.29, 0.717) is 6.42 Å². The largest absolute Gasteiger partial charge is 0.368 e. The lowest BCUT2D eigenvalue weighted by Gasteiger charge is -2.24. The summed E-state index contributed by atoms with van der Waals surface area (Å²) in [6, 6.07) is 11.6. The van der Waals surface area contributed by atoms with Gasteiger partial charge in [-0.2, -0.15) is 0 Å². The Hall–Kier alpha value is -3.46. The SMILES string of the molecule is CC(C)C[C@H](CC(=O)NO)C(=O)N[C@H](Cc1ccc2ccccc2c1)C(=O)N[C@@H](C)C(N)=O. The van der Waals surface area contributed by atoms with Crippen LogP contribution in [0.5, 0.6) is 0 Å². The van der Waals surface area contributed by atoms with Crippen LogP contribution in [0.3, 0.4) is 0 Å². The van der Waals surface area contributed by atoms with Gasteiger partial charge in [-0.05, 0) is 35.6 Å². The molecule has 0 unspecified atom stereocenters. The van der Waals surface area contributed by atoms with Gasteiger partial charge in [0.05, 0.1) is 0 Å². The molecular formula is C24H32N4O5. The standard InChI is InChI=1S/C24H32N4O5/c1-14(2)10-19(13-21(29)28-33)23(31)27-20(24(32)26-15(3)22(25)30)12-16-8-9-17-6-4-5-7-18(17)11-16/h4-9,11,14-15,19-20,33H,10,12-13H2,1-3H3,(H2,25,30)(H,26,32)(H,27,31)(H,28,29)/t15-,19+,20+/m0/s1. The highest BCUT2D eigenvalue weighted by Gasteiger charge is 2.29. The van der Waals surface area contributed by atoms with Crippen molar-refractivity contribution < 1.29 is 24.4 Å². The number of fused-ring (bicyclic) bond motifs is 1. The van der Waals surface area contributed by atoms with Gasteiger partial charge in [0.25, 0.3) is 0 Å². The van der Waals surface area contributed by atoms with E-state index in [2.05, 4.69) is 10.6 Å². The molecule has 0 aliphatic rings. The van der Waals surface area contributed by atoms with Gasteiger partial charge in [0.15, 0.2) is 0 Å². The summed E-state index contributed by atoms with van der Waals surface area (Å²) >= 11 is 0. The molecular weight excluding hydrogens is 424 g/mol. The molecule has 3 atom stereocenters. The minimum atomic E-state index is -0.993. The van der Waals surface area contributed by atoms with Crippen LogP contribution in [0.4, 0.5) is 0 Å². The summed E-state index contributed by atoms with van der Waals surface area (Å²) in [5.41, 5.74) is 7.62. The number of amides is 4. The van der Waals surface area contributed by atoms with Gasteiger partial charge < -0.3 is 16.4 Å². The maximum absolute atomic E-state index is 13.0. The number of hydrogen-bond acceptors (Lipinski definition) is 5. The number of nitrogens with one attached hydrogen (secondary N) is 3. The van der Waals surface area contributed by atoms with Crippen LogP contribution in [0.15, 0.2) is 42.5 Å². The van der Waals surface area contributed by atoms with Crippen LogP contribution in [0.2, 0.25) is 0 Å². The van der Waals surface area contributed by atoms with Gasteiger partial charge in [0, 0.05) is 18.8 Å². The predicted octanol–water partition coefficient (Wildman–Crippen LogP) is 1.41. The molecule has 4 amide bonds. The molecule has 2 rings (SSSR count). The summed E-state index contributed by atoms with van der Waals surface area (Å²) in [5.74, 6) is -3.06. The lowest BCUT2D eigenvalue weighted by Crippen LogP contribution is -2.54. The van der Waals surface area contributed by atoms with Crippen molar-refractivity contribution in [2.75, 3.05) is 0 Å². The smallest absolute Gasteiger partial charge is 0.244 e. The van der Waals surface area contributed by atoms with Crippen LogP contribution in [-0.4, -0.2) is 40.9 Å². The normalized spacial score (nSPS) is 13.7. The number of rotatable bonds is 11. The lowest BCUT2D eigenvalue weighted by atomic mass is 9.92. The van der Waals surface area contributed by atoms with Crippen molar-refractivity contribution in [3.8, 4) is 0 Å². The van der Waals surface area contributed by atoms with Crippen LogP contribution < -0.4 is 21.8 Å². The van der Waals surface area contributed by atoms with Crippen LogP contribution >= 0.6 is 0 Å². The van der Waals surface area contributed by atoms with E-state index in [-0.39, 0.29) is 18.8 Å². The van der Waals surface area contributed by atoms with Crippen molar-refractivity contribution in [3.63, 3.8) is 0 Å². The van der Waals surface area contributed by atoms with Crippen LogP contribution in [-0.2, 0) is 25.6 Å². The Balaban J connectivity index is 2.27. The van der Waals surface area contributed by atoms with Gasteiger partial charge in [0.1, 0.15) is 12.1 Å². The second-order valence-electron chi connectivity index (χ2n) is 8.65. The van der Waals surface area contributed by atoms with Gasteiger partial charge >= 0.3 is 0 Å². The molecule has 0 spiro atoms. The molecule has 178 valence electrons. The third-order valence-corrected chi connectivity index (χ3v) is 5.36. The van der Waals surface area contributed by atoms with Gasteiger partial charge in [0.2, 0.25) is 23.6 Å². The van der Waals surface area contributed by atoms with Gasteiger partial charge in [-0.3, -0.25) is 24.4 Å². The second-order valence-corrected chi connectivity index (χ2v) is 8.65. The van der Waals surface area contributed by atoms with E-state index in [1.54, 1.807) is 5.48 Å². The van der Waals surface area contributed by atoms with Crippen LogP contribution in [0.1, 0.15) is 39.2 Å². The first-order valence-corrected chi connectivity index (χ1v) is 10.9. The third-order valence-electron chi connectivity index (χ3n) is 5.36. The zero-order chi connectivity index (χ0) is 24.5.